The van der Waals surface area contributed by atoms with Crippen LogP contribution in [0.15, 0.2) is 17.4 Å². The van der Waals surface area contributed by atoms with Crippen LogP contribution in [0.4, 0.5) is 13.2 Å². The van der Waals surface area contributed by atoms with E-state index < -0.39 is 17.8 Å². The van der Waals surface area contributed by atoms with Gasteiger partial charge in [-0.15, -0.1) is 0 Å². The normalized spacial score (nSPS) is 18.8. The van der Waals surface area contributed by atoms with Gasteiger partial charge in [-0.05, 0) is 12.5 Å². The minimum atomic E-state index is -4.50. The van der Waals surface area contributed by atoms with E-state index in [9.17, 15) is 18.0 Å². The summed E-state index contributed by atoms with van der Waals surface area (Å²) in [5.74, 6) is -0.488. The second-order valence-corrected chi connectivity index (χ2v) is 5.61. The molecule has 2 rings (SSSR count). The van der Waals surface area contributed by atoms with Crippen LogP contribution in [0.25, 0.3) is 0 Å². The molecule has 0 bridgehead atoms. The molecule has 1 aliphatic rings. The van der Waals surface area contributed by atoms with Gasteiger partial charge in [-0.3, -0.25) is 9.48 Å². The van der Waals surface area contributed by atoms with Gasteiger partial charge >= 0.3 is 6.18 Å². The summed E-state index contributed by atoms with van der Waals surface area (Å²) >= 11 is 0. The van der Waals surface area contributed by atoms with Crippen LogP contribution in [0, 0.1) is 0 Å². The molecule has 2 N–H and O–H groups in total. The van der Waals surface area contributed by atoms with Crippen LogP contribution in [-0.2, 0) is 17.5 Å². The van der Waals surface area contributed by atoms with Crippen molar-refractivity contribution < 1.29 is 22.9 Å². The fourth-order valence-electron chi connectivity index (χ4n) is 2.53. The Kier molecular flexibility index (Phi) is 5.75. The summed E-state index contributed by atoms with van der Waals surface area (Å²) < 4.78 is 38.2. The molecule has 23 heavy (non-hydrogen) atoms. The Hall–Kier alpha value is -1.90. The Balaban J connectivity index is 1.79. The number of hydrogen-bond donors (Lipinski definition) is 2. The number of alkyl halides is 3. The van der Waals surface area contributed by atoms with Crippen molar-refractivity contribution in [3.05, 3.63) is 18.0 Å². The van der Waals surface area contributed by atoms with Crippen molar-refractivity contribution in [3.63, 3.8) is 0 Å². The number of carbonyl (C=O) groups excluding carboxylic acids is 1. The van der Waals surface area contributed by atoms with E-state index in [4.69, 9.17) is 0 Å². The van der Waals surface area contributed by atoms with Crippen molar-refractivity contribution in [2.24, 2.45) is 5.10 Å². The average Bonchev–Trinajstić information content (AvgIpc) is 2.95. The smallest absolute Gasteiger partial charge is 0.334 e. The second-order valence-electron chi connectivity index (χ2n) is 5.61. The SMILES string of the molecule is CCC[NH+]1CCC(=NNC(=O)Cn2ccc(C(F)(F)F)n2)CC1. The van der Waals surface area contributed by atoms with Gasteiger partial charge in [-0.25, -0.2) is 5.43 Å². The van der Waals surface area contributed by atoms with Crippen LogP contribution in [0.2, 0.25) is 0 Å². The van der Waals surface area contributed by atoms with E-state index in [1.807, 2.05) is 0 Å². The Morgan fingerprint density at radius 2 is 2.13 bits per heavy atom. The van der Waals surface area contributed by atoms with Gasteiger partial charge in [0.2, 0.25) is 0 Å². The highest BCUT2D eigenvalue weighted by Gasteiger charge is 2.33. The molecule has 0 spiro atoms. The number of quaternary nitrogens is 1. The lowest BCUT2D eigenvalue weighted by molar-refractivity contribution is -0.901. The quantitative estimate of drug-likeness (QED) is 0.770. The number of carbonyl (C=O) groups is 1. The third-order valence-electron chi connectivity index (χ3n) is 3.71. The Bertz CT molecular complexity index is 557. The van der Waals surface area contributed by atoms with E-state index in [-0.39, 0.29) is 6.54 Å². The monoisotopic (exact) mass is 332 g/mol. The van der Waals surface area contributed by atoms with E-state index in [2.05, 4.69) is 22.5 Å². The molecule has 0 unspecified atom stereocenters. The molecular formula is C14H21F3N5O+. The Morgan fingerprint density at radius 1 is 1.43 bits per heavy atom. The summed E-state index contributed by atoms with van der Waals surface area (Å²) in [4.78, 5) is 13.3. The zero-order valence-corrected chi connectivity index (χ0v) is 13.0. The maximum Gasteiger partial charge on any atom is 0.435 e. The molecule has 1 aliphatic heterocycles. The maximum absolute atomic E-state index is 12.4. The zero-order chi connectivity index (χ0) is 16.9. The number of amides is 1. The number of rotatable bonds is 5. The first kappa shape index (κ1) is 17.5. The summed E-state index contributed by atoms with van der Waals surface area (Å²) in [6.07, 6.45) is -0.577. The molecule has 0 aromatic carbocycles. The van der Waals surface area contributed by atoms with E-state index in [1.54, 1.807) is 0 Å². The molecule has 1 fully saturated rings. The van der Waals surface area contributed by atoms with Crippen molar-refractivity contribution in [3.8, 4) is 0 Å². The topological polar surface area (TPSA) is 63.7 Å². The standard InChI is InChI=1S/C14H20F3N5O/c1-2-6-21-7-3-11(4-8-21)18-19-13(23)10-22-9-5-12(20-22)14(15,16)17/h5,9H,2-4,6-8,10H2,1H3,(H,19,23)/p+1. The first-order chi connectivity index (χ1) is 10.9. The van der Waals surface area contributed by atoms with Gasteiger partial charge in [0, 0.05) is 24.8 Å². The molecule has 1 amide bonds. The number of likely N-dealkylation sites (tertiary alicyclic amines) is 1. The van der Waals surface area contributed by atoms with Gasteiger partial charge in [-0.1, -0.05) is 6.92 Å². The highest BCUT2D eigenvalue weighted by molar-refractivity contribution is 5.86. The summed E-state index contributed by atoms with van der Waals surface area (Å²) in [6, 6.07) is 0.839. The molecule has 0 atom stereocenters. The fraction of sp³-hybridized carbons (Fsp3) is 0.643. The minimum Gasteiger partial charge on any atom is -0.334 e. The van der Waals surface area contributed by atoms with E-state index >= 15 is 0 Å². The molecule has 1 aromatic heterocycles. The molecule has 6 nitrogen and oxygen atoms in total. The van der Waals surface area contributed by atoms with Crippen LogP contribution in [0.3, 0.4) is 0 Å². The summed E-state index contributed by atoms with van der Waals surface area (Å²) in [5.41, 5.74) is 2.31. The molecular weight excluding hydrogens is 311 g/mol. The van der Waals surface area contributed by atoms with Gasteiger partial charge in [0.1, 0.15) is 6.54 Å². The molecule has 0 saturated carbocycles. The maximum atomic E-state index is 12.4. The third-order valence-corrected chi connectivity index (χ3v) is 3.71. The van der Waals surface area contributed by atoms with Gasteiger partial charge in [0.15, 0.2) is 5.69 Å². The van der Waals surface area contributed by atoms with Crippen LogP contribution < -0.4 is 10.3 Å². The van der Waals surface area contributed by atoms with Crippen LogP contribution in [0.5, 0.6) is 0 Å². The summed E-state index contributed by atoms with van der Waals surface area (Å²) in [6.45, 7) is 4.99. The highest BCUT2D eigenvalue weighted by Crippen LogP contribution is 2.27. The molecule has 2 heterocycles. The van der Waals surface area contributed by atoms with Crippen LogP contribution in [0.1, 0.15) is 31.9 Å². The van der Waals surface area contributed by atoms with Gasteiger partial charge in [0.25, 0.3) is 5.91 Å². The Morgan fingerprint density at radius 3 is 2.70 bits per heavy atom. The second kappa shape index (κ2) is 7.58. The fourth-order valence-corrected chi connectivity index (χ4v) is 2.53. The average molecular weight is 332 g/mol. The number of nitrogens with zero attached hydrogens (tertiary/aromatic N) is 3. The lowest BCUT2D eigenvalue weighted by Crippen LogP contribution is -3.13. The van der Waals surface area contributed by atoms with Crippen molar-refractivity contribution in [2.75, 3.05) is 19.6 Å². The number of nitrogens with one attached hydrogen (secondary N) is 2. The minimum absolute atomic E-state index is 0.292. The largest absolute Gasteiger partial charge is 0.435 e. The lowest BCUT2D eigenvalue weighted by atomic mass is 10.1. The van der Waals surface area contributed by atoms with Crippen LogP contribution in [-0.4, -0.2) is 41.0 Å². The van der Waals surface area contributed by atoms with E-state index in [1.165, 1.54) is 4.90 Å². The number of hydrogen-bond acceptors (Lipinski definition) is 3. The molecule has 0 radical (unpaired) electrons. The predicted octanol–water partition coefficient (Wildman–Crippen LogP) is 0.463. The summed E-state index contributed by atoms with van der Waals surface area (Å²) in [5, 5.41) is 7.40. The molecule has 9 heteroatoms. The number of hydrazone groups is 1. The molecule has 1 saturated heterocycles. The predicted molar refractivity (Wildman–Crippen MR) is 77.9 cm³/mol. The molecule has 1 aromatic rings. The van der Waals surface area contributed by atoms with Gasteiger partial charge in [0.05, 0.1) is 19.6 Å². The van der Waals surface area contributed by atoms with E-state index in [0.29, 0.717) is 0 Å². The van der Waals surface area contributed by atoms with Crippen molar-refractivity contribution in [2.45, 2.75) is 38.9 Å². The van der Waals surface area contributed by atoms with E-state index in [0.717, 1.165) is 61.6 Å². The molecule has 128 valence electrons. The number of piperidine rings is 1. The first-order valence-corrected chi connectivity index (χ1v) is 7.67. The third kappa shape index (κ3) is 5.34. The van der Waals surface area contributed by atoms with Crippen molar-refractivity contribution >= 4 is 11.6 Å². The van der Waals surface area contributed by atoms with Gasteiger partial charge in [-0.2, -0.15) is 23.4 Å². The number of halogens is 3. The Labute approximate surface area is 132 Å². The first-order valence-electron chi connectivity index (χ1n) is 7.67. The zero-order valence-electron chi connectivity index (χ0n) is 13.0. The van der Waals surface area contributed by atoms with Gasteiger partial charge < -0.3 is 4.90 Å². The highest BCUT2D eigenvalue weighted by atomic mass is 19.4. The molecule has 0 aliphatic carbocycles. The van der Waals surface area contributed by atoms with Crippen molar-refractivity contribution in [1.29, 1.82) is 0 Å². The van der Waals surface area contributed by atoms with Crippen molar-refractivity contribution in [1.82, 2.24) is 15.2 Å². The lowest BCUT2D eigenvalue weighted by Gasteiger charge is -2.24. The summed E-state index contributed by atoms with van der Waals surface area (Å²) in [7, 11) is 0. The number of aromatic nitrogens is 2. The van der Waals surface area contributed by atoms with Crippen LogP contribution >= 0.6 is 0 Å².